The largest absolute Gasteiger partial charge is 0.391 e. The van der Waals surface area contributed by atoms with Crippen LogP contribution in [0.2, 0.25) is 0 Å². The summed E-state index contributed by atoms with van der Waals surface area (Å²) in [5.74, 6) is -0.125. The fraction of sp³-hybridized carbons (Fsp3) is 0.500. The summed E-state index contributed by atoms with van der Waals surface area (Å²) < 4.78 is 2.12. The molecular weight excluding hydrogens is 488 g/mol. The maximum absolute atomic E-state index is 13.4. The van der Waals surface area contributed by atoms with Crippen LogP contribution in [0.25, 0.3) is 10.9 Å². The molecule has 0 radical (unpaired) electrons. The number of carbonyl (C=O) groups is 2. The van der Waals surface area contributed by atoms with Gasteiger partial charge in [-0.1, -0.05) is 82.6 Å². The number of hydrogen-bond acceptors (Lipinski definition) is 4. The van der Waals surface area contributed by atoms with Gasteiger partial charge in [0.05, 0.1) is 11.7 Å². The predicted octanol–water partition coefficient (Wildman–Crippen LogP) is 4.71. The van der Waals surface area contributed by atoms with Gasteiger partial charge in [0, 0.05) is 48.7 Å². The summed E-state index contributed by atoms with van der Waals surface area (Å²) in [6.45, 7) is 9.91. The summed E-state index contributed by atoms with van der Waals surface area (Å²) in [4.78, 5) is 25.7. The number of fused-ring (bicyclic) bond motifs is 1. The Balaban J connectivity index is 1.61. The van der Waals surface area contributed by atoms with Gasteiger partial charge in [-0.3, -0.25) is 9.59 Å². The van der Waals surface area contributed by atoms with Crippen LogP contribution in [-0.4, -0.2) is 46.7 Å². The highest BCUT2D eigenvalue weighted by Crippen LogP contribution is 2.24. The minimum atomic E-state index is -0.787. The molecule has 0 aliphatic rings. The average Bonchev–Trinajstić information content (AvgIpc) is 3.29. The molecule has 0 unspecified atom stereocenters. The lowest BCUT2D eigenvalue weighted by molar-refractivity contribution is -0.125. The summed E-state index contributed by atoms with van der Waals surface area (Å²) >= 11 is 0. The van der Waals surface area contributed by atoms with E-state index in [-0.39, 0.29) is 29.6 Å². The number of hydrogen-bond donors (Lipinski definition) is 4. The lowest BCUT2D eigenvalue weighted by Gasteiger charge is -2.28. The minimum Gasteiger partial charge on any atom is -0.391 e. The van der Waals surface area contributed by atoms with Crippen LogP contribution in [0, 0.1) is 17.8 Å². The molecule has 2 amide bonds. The molecule has 3 rings (SSSR count). The molecule has 2 aromatic carbocycles. The highest BCUT2D eigenvalue weighted by Gasteiger charge is 2.26. The number of nitrogens with zero attached hydrogens (tertiary/aromatic N) is 1. The van der Waals surface area contributed by atoms with Crippen molar-refractivity contribution in [2.45, 2.75) is 72.1 Å². The second kappa shape index (κ2) is 14.8. The maximum atomic E-state index is 13.4. The number of nitrogens with two attached hydrogens (primary N) is 1. The molecule has 4 atom stereocenters. The number of amides is 2. The number of aliphatic hydroxyl groups excluding tert-OH is 1. The molecule has 0 spiro atoms. The van der Waals surface area contributed by atoms with Crippen LogP contribution in [0.3, 0.4) is 0 Å². The molecule has 39 heavy (non-hydrogen) atoms. The first-order chi connectivity index (χ1) is 18.7. The summed E-state index contributed by atoms with van der Waals surface area (Å²) in [7, 11) is 0. The topological polar surface area (TPSA) is 109 Å². The van der Waals surface area contributed by atoms with Gasteiger partial charge in [-0.05, 0) is 42.7 Å². The third-order valence-corrected chi connectivity index (χ3v) is 7.64. The van der Waals surface area contributed by atoms with E-state index in [1.54, 1.807) is 0 Å². The number of para-hydroxylation sites is 1. The zero-order valence-corrected chi connectivity index (χ0v) is 23.9. The van der Waals surface area contributed by atoms with E-state index in [1.165, 1.54) is 5.56 Å². The van der Waals surface area contributed by atoms with Gasteiger partial charge < -0.3 is 26.0 Å². The third kappa shape index (κ3) is 8.67. The van der Waals surface area contributed by atoms with Crippen molar-refractivity contribution in [2.24, 2.45) is 23.5 Å². The predicted molar refractivity (Wildman–Crippen MR) is 158 cm³/mol. The molecule has 1 aromatic heterocycles. The first-order valence-electron chi connectivity index (χ1n) is 14.3. The highest BCUT2D eigenvalue weighted by atomic mass is 16.3. The number of carbonyl (C=O) groups excluding carboxylic acids is 2. The molecule has 7 heteroatoms. The van der Waals surface area contributed by atoms with E-state index in [0.717, 1.165) is 23.7 Å². The van der Waals surface area contributed by atoms with Crippen LogP contribution in [-0.2, 0) is 11.3 Å². The fourth-order valence-electron chi connectivity index (χ4n) is 4.96. The lowest BCUT2D eigenvalue weighted by Crippen LogP contribution is -2.42. The second-order valence-electron chi connectivity index (χ2n) is 11.1. The van der Waals surface area contributed by atoms with Crippen molar-refractivity contribution in [2.75, 3.05) is 13.1 Å². The minimum absolute atomic E-state index is 0.0474. The van der Waals surface area contributed by atoms with Crippen LogP contribution in [0.4, 0.5) is 0 Å². The van der Waals surface area contributed by atoms with Gasteiger partial charge in [0.15, 0.2) is 0 Å². The summed E-state index contributed by atoms with van der Waals surface area (Å²) in [6, 6.07) is 17.7. The Hall–Kier alpha value is -3.16. The van der Waals surface area contributed by atoms with E-state index < -0.39 is 12.1 Å². The van der Waals surface area contributed by atoms with Crippen LogP contribution >= 0.6 is 0 Å². The molecule has 0 fully saturated rings. The van der Waals surface area contributed by atoms with Crippen molar-refractivity contribution in [1.29, 1.82) is 0 Å². The van der Waals surface area contributed by atoms with E-state index in [2.05, 4.69) is 48.1 Å². The van der Waals surface area contributed by atoms with Crippen molar-refractivity contribution in [3.05, 3.63) is 71.9 Å². The number of benzene rings is 2. The molecule has 7 nitrogen and oxygen atoms in total. The Labute approximate surface area is 233 Å². The van der Waals surface area contributed by atoms with Crippen LogP contribution in [0.1, 0.15) is 69.3 Å². The smallest absolute Gasteiger partial charge is 0.253 e. The van der Waals surface area contributed by atoms with Crippen molar-refractivity contribution >= 4 is 22.7 Å². The zero-order valence-electron chi connectivity index (χ0n) is 23.9. The fourth-order valence-corrected chi connectivity index (χ4v) is 4.96. The molecule has 0 saturated heterocycles. The SMILES string of the molecule is CCCCNC(=O)[C@H](C)C[C@H](O)[C@@H](N)C[C@H](CNC(=O)c1cn(Cc2ccccc2)c2ccccc12)C(C)C. The van der Waals surface area contributed by atoms with Gasteiger partial charge in [0.25, 0.3) is 5.91 Å². The van der Waals surface area contributed by atoms with E-state index >= 15 is 0 Å². The summed E-state index contributed by atoms with van der Waals surface area (Å²) in [6.07, 6.45) is 3.97. The van der Waals surface area contributed by atoms with Gasteiger partial charge in [-0.25, -0.2) is 0 Å². The Bertz CT molecular complexity index is 1190. The Kier molecular flexibility index (Phi) is 11.6. The Morgan fingerprint density at radius 2 is 1.67 bits per heavy atom. The molecule has 5 N–H and O–H groups in total. The van der Waals surface area contributed by atoms with E-state index in [4.69, 9.17) is 5.73 Å². The van der Waals surface area contributed by atoms with Gasteiger partial charge in [-0.2, -0.15) is 0 Å². The van der Waals surface area contributed by atoms with Crippen LogP contribution < -0.4 is 16.4 Å². The van der Waals surface area contributed by atoms with E-state index in [9.17, 15) is 14.7 Å². The highest BCUT2D eigenvalue weighted by molar-refractivity contribution is 6.07. The van der Waals surface area contributed by atoms with Crippen molar-refractivity contribution in [3.8, 4) is 0 Å². The molecule has 0 saturated carbocycles. The van der Waals surface area contributed by atoms with Crippen molar-refractivity contribution in [3.63, 3.8) is 0 Å². The van der Waals surface area contributed by atoms with Crippen LogP contribution in [0.15, 0.2) is 60.8 Å². The summed E-state index contributed by atoms with van der Waals surface area (Å²) in [5.41, 5.74) is 9.24. The maximum Gasteiger partial charge on any atom is 0.253 e. The van der Waals surface area contributed by atoms with Gasteiger partial charge in [-0.15, -0.1) is 0 Å². The quantitative estimate of drug-likeness (QED) is 0.212. The number of nitrogens with one attached hydrogen (secondary N) is 2. The normalized spacial score (nSPS) is 14.6. The van der Waals surface area contributed by atoms with Gasteiger partial charge >= 0.3 is 0 Å². The zero-order chi connectivity index (χ0) is 28.4. The van der Waals surface area contributed by atoms with Crippen LogP contribution in [0.5, 0.6) is 0 Å². The van der Waals surface area contributed by atoms with Crippen molar-refractivity contribution in [1.82, 2.24) is 15.2 Å². The van der Waals surface area contributed by atoms with Gasteiger partial charge in [0.2, 0.25) is 5.91 Å². The number of rotatable bonds is 15. The summed E-state index contributed by atoms with van der Waals surface area (Å²) in [5, 5.41) is 17.7. The van der Waals surface area contributed by atoms with Gasteiger partial charge in [0.1, 0.15) is 0 Å². The second-order valence-corrected chi connectivity index (χ2v) is 11.1. The molecule has 0 aliphatic heterocycles. The number of unbranched alkanes of at least 4 members (excludes halogenated alkanes) is 1. The Morgan fingerprint density at radius 1 is 0.974 bits per heavy atom. The number of aliphatic hydroxyl groups is 1. The standard InChI is InChI=1S/C32H46N4O3/c1-5-6-16-34-31(38)23(4)17-30(37)28(33)18-25(22(2)3)19-35-32(39)27-21-36(20-24-12-8-7-9-13-24)29-15-11-10-14-26(27)29/h7-15,21-23,25,28,30,37H,5-6,16-20,33H2,1-4H3,(H,34,38)(H,35,39)/t23-,25-,28+,30+/m1/s1. The molecule has 212 valence electrons. The Morgan fingerprint density at radius 3 is 2.36 bits per heavy atom. The molecule has 1 heterocycles. The average molecular weight is 535 g/mol. The first-order valence-corrected chi connectivity index (χ1v) is 14.3. The first kappa shape index (κ1) is 30.4. The van der Waals surface area contributed by atoms with E-state index in [0.29, 0.717) is 38.0 Å². The van der Waals surface area contributed by atoms with Crippen molar-refractivity contribution < 1.29 is 14.7 Å². The lowest BCUT2D eigenvalue weighted by atomic mass is 9.86. The monoisotopic (exact) mass is 534 g/mol. The third-order valence-electron chi connectivity index (χ3n) is 7.64. The van der Waals surface area contributed by atoms with E-state index in [1.807, 2.05) is 55.6 Å². The number of aromatic nitrogens is 1. The molecule has 0 aliphatic carbocycles. The molecule has 0 bridgehead atoms. The molecule has 3 aromatic rings. The molecular formula is C32H46N4O3.